The van der Waals surface area contributed by atoms with Gasteiger partial charge >= 0.3 is 0 Å². The van der Waals surface area contributed by atoms with Gasteiger partial charge in [0.2, 0.25) is 17.8 Å². The minimum absolute atomic E-state index is 0.365. The minimum atomic E-state index is 0.365. The molecule has 4 unspecified atom stereocenters. The van der Waals surface area contributed by atoms with Gasteiger partial charge in [0.05, 0.1) is 0 Å². The molecule has 0 aliphatic heterocycles. The first-order chi connectivity index (χ1) is 24.8. The predicted molar refractivity (Wildman–Crippen MR) is 201 cm³/mol. The lowest BCUT2D eigenvalue weighted by molar-refractivity contribution is 0.101. The second kappa shape index (κ2) is 23.7. The van der Waals surface area contributed by atoms with Crippen molar-refractivity contribution in [2.45, 2.75) is 117 Å². The maximum Gasteiger partial charge on any atom is 0.234 e. The topological polar surface area (TPSA) is 133 Å². The molecule has 0 N–H and O–H groups in total. The molecule has 4 rings (SSSR count). The first-order valence-electron chi connectivity index (χ1n) is 19.1. The fraction of sp³-hybridized carbons (Fsp3) is 0.838. The highest BCUT2D eigenvalue weighted by Gasteiger charge is 2.28. The molecule has 0 spiro atoms. The van der Waals surface area contributed by atoms with Crippen LogP contribution in [0.4, 0.5) is 17.8 Å². The molecule has 0 radical (unpaired) electrons. The van der Waals surface area contributed by atoms with Crippen molar-refractivity contribution < 1.29 is 23.7 Å². The van der Waals surface area contributed by atoms with Gasteiger partial charge in [-0.15, -0.1) is 0 Å². The highest BCUT2D eigenvalue weighted by Crippen LogP contribution is 2.38. The molecule has 51 heavy (non-hydrogen) atoms. The molecule has 2 saturated carbocycles. The molecule has 0 amide bonds. The summed E-state index contributed by atoms with van der Waals surface area (Å²) in [5.74, 6) is 6.84. The Labute approximate surface area is 307 Å². The highest BCUT2D eigenvalue weighted by atomic mass is 16.5. The summed E-state index contributed by atoms with van der Waals surface area (Å²) in [6.07, 6.45) is 12.2. The molecular formula is C37H67N9O5. The number of nitrogens with zero attached hydrogens (tertiary/aromatic N) is 9. The van der Waals surface area contributed by atoms with E-state index < -0.39 is 0 Å². The van der Waals surface area contributed by atoms with Crippen molar-refractivity contribution in [3.8, 4) is 0 Å². The number of aromatic nitrogens is 6. The molecule has 14 heteroatoms. The summed E-state index contributed by atoms with van der Waals surface area (Å²) in [5, 5.41) is 0. The first-order valence-corrected chi connectivity index (χ1v) is 19.1. The molecule has 0 bridgehead atoms. The van der Waals surface area contributed by atoms with Gasteiger partial charge in [-0.3, -0.25) is 9.80 Å². The predicted octanol–water partition coefficient (Wildman–Crippen LogP) is 6.52. The standard InChI is InChI=1S/C19H35N5O3.C18H32N4O2/c1-6-7-10-27-14-24(13-26-5)19-21-17(16-9-8-15(2)11-16)20-18(22-19)23(3)12-25-4;1-5-7-10-24-13-22(12-23-4)18-20-16(6-2)19-17(21-18)15-9-8-14(3)11-15/h15-16H,6-14H2,1-5H3;14-15H,5-13H2,1-4H3. The van der Waals surface area contributed by atoms with Gasteiger partial charge in [-0.1, -0.05) is 47.5 Å². The lowest BCUT2D eigenvalue weighted by atomic mass is 10.1. The van der Waals surface area contributed by atoms with Crippen LogP contribution in [0.3, 0.4) is 0 Å². The lowest BCUT2D eigenvalue weighted by Crippen LogP contribution is -2.32. The van der Waals surface area contributed by atoms with E-state index in [-0.39, 0.29) is 0 Å². The molecule has 2 aromatic rings. The Balaban J connectivity index is 0.000000277. The largest absolute Gasteiger partial charge is 0.364 e. The van der Waals surface area contributed by atoms with Crippen LogP contribution in [0.5, 0.6) is 0 Å². The average molecular weight is 718 g/mol. The average Bonchev–Trinajstić information content (AvgIpc) is 3.79. The van der Waals surface area contributed by atoms with E-state index >= 15 is 0 Å². The van der Waals surface area contributed by atoms with Crippen LogP contribution in [-0.4, -0.2) is 105 Å². The van der Waals surface area contributed by atoms with Crippen LogP contribution in [0.15, 0.2) is 0 Å². The molecule has 290 valence electrons. The molecule has 4 atom stereocenters. The molecule has 2 aliphatic carbocycles. The smallest absolute Gasteiger partial charge is 0.234 e. The number of methoxy groups -OCH3 is 3. The molecule has 0 saturated heterocycles. The monoisotopic (exact) mass is 718 g/mol. The molecule has 2 aliphatic rings. The third-order valence-electron chi connectivity index (χ3n) is 9.33. The molecule has 2 heterocycles. The van der Waals surface area contributed by atoms with Gasteiger partial charge in [-0.2, -0.15) is 24.9 Å². The second-order valence-electron chi connectivity index (χ2n) is 14.1. The Morgan fingerprint density at radius 2 is 1.04 bits per heavy atom. The molecule has 2 fully saturated rings. The van der Waals surface area contributed by atoms with E-state index in [0.29, 0.717) is 75.9 Å². The Morgan fingerprint density at radius 1 is 0.569 bits per heavy atom. The number of ether oxygens (including phenoxy) is 5. The summed E-state index contributed by atoms with van der Waals surface area (Å²) in [6, 6.07) is 0. The van der Waals surface area contributed by atoms with E-state index in [1.54, 1.807) is 21.3 Å². The Bertz CT molecular complexity index is 1240. The summed E-state index contributed by atoms with van der Waals surface area (Å²) in [7, 11) is 6.93. The van der Waals surface area contributed by atoms with Crippen molar-refractivity contribution in [1.29, 1.82) is 0 Å². The molecule has 0 aromatic carbocycles. The van der Waals surface area contributed by atoms with Crippen LogP contribution in [0.1, 0.15) is 128 Å². The van der Waals surface area contributed by atoms with Crippen LogP contribution >= 0.6 is 0 Å². The van der Waals surface area contributed by atoms with E-state index in [1.807, 2.05) is 21.7 Å². The maximum atomic E-state index is 5.78. The molecule has 14 nitrogen and oxygen atoms in total. The minimum Gasteiger partial charge on any atom is -0.364 e. The number of aryl methyl sites for hydroxylation is 1. The number of rotatable bonds is 22. The number of unbranched alkanes of at least 4 members (excludes halogenated alkanes) is 2. The van der Waals surface area contributed by atoms with Gasteiger partial charge in [0.15, 0.2) is 0 Å². The first kappa shape index (κ1) is 42.6. The highest BCUT2D eigenvalue weighted by molar-refractivity contribution is 5.38. The Kier molecular flexibility index (Phi) is 19.8. The van der Waals surface area contributed by atoms with Crippen molar-refractivity contribution in [2.24, 2.45) is 11.8 Å². The third-order valence-corrected chi connectivity index (χ3v) is 9.33. The number of hydrogen-bond donors (Lipinski definition) is 0. The van der Waals surface area contributed by atoms with Gasteiger partial charge < -0.3 is 28.6 Å². The quantitative estimate of drug-likeness (QED) is 0.0966. The Morgan fingerprint density at radius 3 is 1.47 bits per heavy atom. The number of hydrogen-bond acceptors (Lipinski definition) is 14. The summed E-state index contributed by atoms with van der Waals surface area (Å²) in [6.45, 7) is 14.5. The van der Waals surface area contributed by atoms with E-state index in [1.165, 1.54) is 25.7 Å². The Hall–Kier alpha value is -2.78. The van der Waals surface area contributed by atoms with Crippen molar-refractivity contribution in [3.63, 3.8) is 0 Å². The van der Waals surface area contributed by atoms with Crippen LogP contribution in [-0.2, 0) is 30.1 Å². The van der Waals surface area contributed by atoms with E-state index in [0.717, 1.165) is 74.9 Å². The van der Waals surface area contributed by atoms with Gasteiger partial charge in [0, 0.05) is 59.8 Å². The summed E-state index contributed by atoms with van der Waals surface area (Å²) in [5.41, 5.74) is 0. The van der Waals surface area contributed by atoms with Crippen molar-refractivity contribution in [1.82, 2.24) is 29.9 Å². The van der Waals surface area contributed by atoms with Crippen molar-refractivity contribution in [3.05, 3.63) is 17.5 Å². The SMILES string of the molecule is CCCCOCN(COC)c1nc(C2CCC(C)C2)nc(N(C)COC)n1.CCCCOCN(COC)c1nc(CC)nc(C2CCC(C)C2)n1. The van der Waals surface area contributed by atoms with Gasteiger partial charge in [-0.25, -0.2) is 4.98 Å². The fourth-order valence-electron chi connectivity index (χ4n) is 6.37. The maximum absolute atomic E-state index is 5.78. The normalized spacial score (nSPS) is 19.9. The van der Waals surface area contributed by atoms with Crippen LogP contribution in [0, 0.1) is 11.8 Å². The summed E-state index contributed by atoms with van der Waals surface area (Å²) in [4.78, 5) is 34.0. The fourth-order valence-corrected chi connectivity index (χ4v) is 6.37. The molecular weight excluding hydrogens is 650 g/mol. The summed E-state index contributed by atoms with van der Waals surface area (Å²) >= 11 is 0. The number of anilines is 3. The van der Waals surface area contributed by atoms with Crippen molar-refractivity contribution >= 4 is 17.8 Å². The van der Waals surface area contributed by atoms with Crippen LogP contribution in [0.2, 0.25) is 0 Å². The van der Waals surface area contributed by atoms with Crippen LogP contribution in [0.25, 0.3) is 0 Å². The summed E-state index contributed by atoms with van der Waals surface area (Å²) < 4.78 is 27.4. The zero-order valence-corrected chi connectivity index (χ0v) is 33.1. The van der Waals surface area contributed by atoms with Crippen molar-refractivity contribution in [2.75, 3.05) is 89.9 Å². The van der Waals surface area contributed by atoms with Gasteiger partial charge in [0.1, 0.15) is 51.1 Å². The van der Waals surface area contributed by atoms with E-state index in [2.05, 4.69) is 44.6 Å². The third kappa shape index (κ3) is 14.3. The van der Waals surface area contributed by atoms with E-state index in [4.69, 9.17) is 43.6 Å². The zero-order chi connectivity index (χ0) is 37.0. The van der Waals surface area contributed by atoms with Gasteiger partial charge in [-0.05, 0) is 63.2 Å². The second-order valence-corrected chi connectivity index (χ2v) is 14.1. The van der Waals surface area contributed by atoms with Crippen LogP contribution < -0.4 is 14.7 Å². The molecule has 2 aromatic heterocycles. The van der Waals surface area contributed by atoms with Gasteiger partial charge in [0.25, 0.3) is 0 Å². The van der Waals surface area contributed by atoms with E-state index in [9.17, 15) is 0 Å². The lowest BCUT2D eigenvalue weighted by Gasteiger charge is -2.24. The zero-order valence-electron chi connectivity index (χ0n) is 33.1.